The van der Waals surface area contributed by atoms with Crippen molar-refractivity contribution in [3.8, 4) is 0 Å². The van der Waals surface area contributed by atoms with E-state index >= 15 is 0 Å². The minimum Gasteiger partial charge on any atom is -0.466 e. The first-order chi connectivity index (χ1) is 18.4. The third kappa shape index (κ3) is 20.4. The van der Waals surface area contributed by atoms with Gasteiger partial charge in [0.25, 0.3) is 0 Å². The molecule has 1 fully saturated rings. The molecule has 4 unspecified atom stereocenters. The van der Waals surface area contributed by atoms with Crippen LogP contribution in [0, 0.1) is 11.8 Å². The molecule has 1 aliphatic rings. The Bertz CT molecular complexity index is 795. The Morgan fingerprint density at radius 3 is 1.85 bits per heavy atom. The number of hydrogen-bond donors (Lipinski definition) is 0. The zero-order valence-electron chi connectivity index (χ0n) is 24.6. The summed E-state index contributed by atoms with van der Waals surface area (Å²) in [4.78, 5) is 66.8. The minimum absolute atomic E-state index is 0.0566. The first-order valence-corrected chi connectivity index (χ1v) is 15.7. The molecule has 0 heterocycles. The summed E-state index contributed by atoms with van der Waals surface area (Å²) in [5, 5.41) is 0.946. The Morgan fingerprint density at radius 1 is 0.897 bits per heavy atom. The summed E-state index contributed by atoms with van der Waals surface area (Å²) in [6.45, 7) is 11.7. The van der Waals surface area contributed by atoms with Gasteiger partial charge < -0.3 is 14.2 Å². The van der Waals surface area contributed by atoms with E-state index in [-0.39, 0.29) is 55.9 Å². The van der Waals surface area contributed by atoms with Crippen molar-refractivity contribution in [2.24, 2.45) is 11.8 Å². The van der Waals surface area contributed by atoms with Gasteiger partial charge in [-0.05, 0) is 65.0 Å². The fourth-order valence-corrected chi connectivity index (χ4v) is 4.15. The Balaban J connectivity index is 0. The van der Waals surface area contributed by atoms with E-state index in [0.717, 1.165) is 6.42 Å². The predicted molar refractivity (Wildman–Crippen MR) is 156 cm³/mol. The normalized spacial score (nSPS) is 18.1. The van der Waals surface area contributed by atoms with Gasteiger partial charge in [-0.3, -0.25) is 28.8 Å². The molecule has 0 amide bonds. The molecule has 0 radical (unpaired) electrons. The van der Waals surface area contributed by atoms with E-state index in [1.165, 1.54) is 0 Å². The van der Waals surface area contributed by atoms with Gasteiger partial charge in [0, 0.05) is 16.9 Å². The molecule has 0 saturated heterocycles. The van der Waals surface area contributed by atoms with Crippen molar-refractivity contribution in [1.82, 2.24) is 0 Å². The largest absolute Gasteiger partial charge is 0.466 e. The topological polar surface area (TPSA) is 130 Å². The van der Waals surface area contributed by atoms with Gasteiger partial charge in [0.1, 0.15) is 18.1 Å². The van der Waals surface area contributed by atoms with E-state index in [4.69, 9.17) is 4.74 Å². The van der Waals surface area contributed by atoms with Crippen molar-refractivity contribution >= 4 is 58.8 Å². The van der Waals surface area contributed by atoms with E-state index in [1.807, 2.05) is 31.0 Å². The van der Waals surface area contributed by atoms with Crippen LogP contribution < -0.4 is 0 Å². The second-order valence-corrected chi connectivity index (χ2v) is 11.3. The third-order valence-corrected chi connectivity index (χ3v) is 7.37. The number of esters is 3. The summed E-state index contributed by atoms with van der Waals surface area (Å²) >= 11 is 3.49. The molecule has 224 valence electrons. The molecule has 0 N–H and O–H groups in total. The maximum Gasteiger partial charge on any atom is 0.317 e. The van der Waals surface area contributed by atoms with Crippen LogP contribution in [0.25, 0.3) is 0 Å². The fourth-order valence-electron chi connectivity index (χ4n) is 3.41. The van der Waals surface area contributed by atoms with Gasteiger partial charge >= 0.3 is 17.9 Å². The molecule has 0 aliphatic heterocycles. The van der Waals surface area contributed by atoms with Gasteiger partial charge in [0.2, 0.25) is 0 Å². The van der Waals surface area contributed by atoms with Gasteiger partial charge in [-0.25, -0.2) is 0 Å². The van der Waals surface area contributed by atoms with Gasteiger partial charge in [-0.1, -0.05) is 19.9 Å². The molecule has 1 rings (SSSR count). The maximum absolute atomic E-state index is 11.9. The van der Waals surface area contributed by atoms with Crippen molar-refractivity contribution in [3.05, 3.63) is 12.2 Å². The molecule has 39 heavy (non-hydrogen) atoms. The number of ether oxygens (including phenoxy) is 3. The molecule has 0 aromatic rings. The van der Waals surface area contributed by atoms with Crippen molar-refractivity contribution in [2.75, 3.05) is 32.3 Å². The van der Waals surface area contributed by atoms with Crippen LogP contribution >= 0.6 is 23.5 Å². The average Bonchev–Trinajstić information content (AvgIpc) is 2.84. The molecule has 1 aliphatic carbocycles. The summed E-state index contributed by atoms with van der Waals surface area (Å²) < 4.78 is 14.0. The third-order valence-electron chi connectivity index (χ3n) is 5.38. The van der Waals surface area contributed by atoms with Gasteiger partial charge in [0.05, 0.1) is 26.2 Å². The van der Waals surface area contributed by atoms with Gasteiger partial charge in [-0.2, -0.15) is 23.5 Å². The first-order valence-electron chi connectivity index (χ1n) is 13.1. The average molecular weight is 591 g/mol. The molecular weight excluding hydrogens is 544 g/mol. The van der Waals surface area contributed by atoms with Crippen LogP contribution in [-0.2, 0) is 43.0 Å². The predicted octanol–water partition coefficient (Wildman–Crippen LogP) is 4.63. The van der Waals surface area contributed by atoms with Crippen LogP contribution in [0.2, 0.25) is 0 Å². The zero-order valence-corrected chi connectivity index (χ0v) is 26.2. The van der Waals surface area contributed by atoms with Crippen LogP contribution in [0.15, 0.2) is 12.2 Å². The van der Waals surface area contributed by atoms with Crippen molar-refractivity contribution in [1.29, 1.82) is 0 Å². The van der Waals surface area contributed by atoms with Crippen molar-refractivity contribution < 1.29 is 43.0 Å². The smallest absolute Gasteiger partial charge is 0.317 e. The highest BCUT2D eigenvalue weighted by molar-refractivity contribution is 7.99. The first kappa shape index (κ1) is 39.0. The number of Topliss-reactive ketones (excluding diaryl/α,β-unsaturated/α-hetero) is 2. The fraction of sp³-hybridized carbons (Fsp3) is 0.714. The molecule has 0 bridgehead atoms. The van der Waals surface area contributed by atoms with Crippen LogP contribution in [0.1, 0.15) is 73.6 Å². The van der Waals surface area contributed by atoms with Crippen LogP contribution in [0.5, 0.6) is 0 Å². The van der Waals surface area contributed by atoms with E-state index in [1.54, 1.807) is 45.5 Å². The molecular formula is C28H46O9S2. The number of rotatable bonds is 13. The van der Waals surface area contributed by atoms with Crippen molar-refractivity contribution in [3.63, 3.8) is 0 Å². The van der Waals surface area contributed by atoms with Crippen LogP contribution in [0.3, 0.4) is 0 Å². The zero-order chi connectivity index (χ0) is 30.4. The monoisotopic (exact) mass is 590 g/mol. The second-order valence-electron chi connectivity index (χ2n) is 8.74. The molecule has 0 spiro atoms. The standard InChI is InChI=1S/C13H20O4S.C8H14OS.C7H12O4/c1-4-17-13(16)12-9(5-8(2)18-3)6-10(14)7-11(12)15;1-7(9)5-4-6-8(2)10-3;1-3-10-6(8)5-7(9)11-4-2/h8-9,12H,4-7H2,1-3H3;4-5,8H,6H2,1-3H3;3-5H2,1-2H3/b;5-4+;. The van der Waals surface area contributed by atoms with E-state index < -0.39 is 23.8 Å². The highest BCUT2D eigenvalue weighted by Gasteiger charge is 2.41. The van der Waals surface area contributed by atoms with Gasteiger partial charge in [0.15, 0.2) is 11.6 Å². The SMILES string of the molecule is CCOC(=O)C1C(=O)CC(=O)CC1CC(C)SC.CCOC(=O)CC(=O)OCC.CSC(C)C/C=C/C(C)=O. The van der Waals surface area contributed by atoms with E-state index in [9.17, 15) is 28.8 Å². The Labute approximate surface area is 241 Å². The number of hydrogen-bond acceptors (Lipinski definition) is 11. The summed E-state index contributed by atoms with van der Waals surface area (Å²) in [6.07, 6.45) is 9.22. The summed E-state index contributed by atoms with van der Waals surface area (Å²) in [7, 11) is 0. The second kappa shape index (κ2) is 23.7. The van der Waals surface area contributed by atoms with E-state index in [2.05, 4.69) is 22.7 Å². The maximum atomic E-state index is 11.9. The lowest BCUT2D eigenvalue weighted by Gasteiger charge is -2.29. The molecule has 4 atom stereocenters. The Morgan fingerprint density at radius 2 is 1.41 bits per heavy atom. The highest BCUT2D eigenvalue weighted by atomic mass is 32.2. The van der Waals surface area contributed by atoms with Gasteiger partial charge in [-0.15, -0.1) is 0 Å². The molecule has 1 saturated carbocycles. The lowest BCUT2D eigenvalue weighted by atomic mass is 9.75. The number of ketones is 3. The quantitative estimate of drug-likeness (QED) is 0.129. The number of allylic oxidation sites excluding steroid dienone is 2. The highest BCUT2D eigenvalue weighted by Crippen LogP contribution is 2.32. The molecule has 9 nitrogen and oxygen atoms in total. The Kier molecular flexibility index (Phi) is 23.7. The summed E-state index contributed by atoms with van der Waals surface area (Å²) in [5.41, 5.74) is 0. The van der Waals surface area contributed by atoms with Crippen molar-refractivity contribution in [2.45, 2.75) is 84.1 Å². The van der Waals surface area contributed by atoms with Crippen LogP contribution in [0.4, 0.5) is 0 Å². The summed E-state index contributed by atoms with van der Waals surface area (Å²) in [6, 6.07) is 0. The van der Waals surface area contributed by atoms with Crippen LogP contribution in [-0.4, -0.2) is 78.1 Å². The molecule has 11 heteroatoms. The lowest BCUT2D eigenvalue weighted by Crippen LogP contribution is -2.40. The number of carbonyl (C=O) groups excluding carboxylic acids is 6. The Hall–Kier alpha value is -2.14. The minimum atomic E-state index is -0.739. The molecule has 0 aromatic heterocycles. The lowest BCUT2D eigenvalue weighted by molar-refractivity contribution is -0.157. The molecule has 0 aromatic carbocycles. The van der Waals surface area contributed by atoms with E-state index in [0.29, 0.717) is 23.3 Å². The number of carbonyl (C=O) groups is 6. The number of thioether (sulfide) groups is 2. The summed E-state index contributed by atoms with van der Waals surface area (Å²) in [5.74, 6) is -2.67.